The van der Waals surface area contributed by atoms with Crippen LogP contribution in [0.3, 0.4) is 0 Å². The van der Waals surface area contributed by atoms with Gasteiger partial charge >= 0.3 is 0 Å². The number of fused-ring (bicyclic) bond motifs is 2. The molecule has 0 aliphatic heterocycles. The minimum atomic E-state index is 0.469. The lowest BCUT2D eigenvalue weighted by Gasteiger charge is -2.09. The highest BCUT2D eigenvalue weighted by atomic mass is 16.3. The van der Waals surface area contributed by atoms with Gasteiger partial charge in [0.25, 0.3) is 0 Å². The van der Waals surface area contributed by atoms with Crippen LogP contribution in [0.25, 0.3) is 73.4 Å². The van der Waals surface area contributed by atoms with Crippen molar-refractivity contribution in [1.82, 2.24) is 25.1 Å². The summed E-state index contributed by atoms with van der Waals surface area (Å²) in [6, 6.07) is 34.3. The maximum Gasteiger partial charge on any atom is 0.164 e. The first-order valence-corrected chi connectivity index (χ1v) is 14.3. The average molecular weight is 570 g/mol. The van der Waals surface area contributed by atoms with E-state index in [1.807, 2.05) is 97.9 Å². The van der Waals surface area contributed by atoms with Gasteiger partial charge in [-0.05, 0) is 54.1 Å². The van der Waals surface area contributed by atoms with Crippen LogP contribution < -0.4 is 0 Å². The van der Waals surface area contributed by atoms with Crippen LogP contribution in [0.5, 0.6) is 0 Å². The van der Waals surface area contributed by atoms with E-state index in [1.165, 1.54) is 5.39 Å². The molecule has 6 heteroatoms. The van der Waals surface area contributed by atoms with Crippen LogP contribution in [0.2, 0.25) is 0 Å². The molecule has 0 atom stereocenters. The standard InChI is InChI=1S/C38H27N5O/c1-4-12-35-39-37(41-38(40-35)26-14-7-6-8-15-26)24(3)36-30-20-19-27(23-34(30)44-33(36)5-2)31-21-22-32(43-42-31)29-18-11-16-25-13-9-10-17-28(25)29/h4-23H,2-3H2,1H3/b12-4+. The number of furan rings is 1. The number of hydrogen-bond donors (Lipinski definition) is 0. The summed E-state index contributed by atoms with van der Waals surface area (Å²) in [5.41, 5.74) is 6.49. The van der Waals surface area contributed by atoms with Crippen LogP contribution in [0.15, 0.2) is 127 Å². The number of allylic oxidation sites excluding steroid dienone is 1. The van der Waals surface area contributed by atoms with Crippen molar-refractivity contribution in [2.24, 2.45) is 0 Å². The molecule has 0 aliphatic rings. The molecule has 0 N–H and O–H groups in total. The fourth-order valence-electron chi connectivity index (χ4n) is 5.39. The molecule has 3 aromatic heterocycles. The summed E-state index contributed by atoms with van der Waals surface area (Å²) in [6.45, 7) is 10.3. The average Bonchev–Trinajstić information content (AvgIpc) is 3.46. The van der Waals surface area contributed by atoms with E-state index in [9.17, 15) is 0 Å². The molecule has 0 unspecified atom stereocenters. The van der Waals surface area contributed by atoms with Gasteiger partial charge in [0.15, 0.2) is 17.5 Å². The predicted molar refractivity (Wildman–Crippen MR) is 178 cm³/mol. The van der Waals surface area contributed by atoms with E-state index in [0.717, 1.165) is 44.4 Å². The number of benzene rings is 4. The quantitative estimate of drug-likeness (QED) is 0.190. The molecule has 0 aliphatic carbocycles. The highest BCUT2D eigenvalue weighted by molar-refractivity contribution is 5.99. The van der Waals surface area contributed by atoms with Gasteiger partial charge in [0.2, 0.25) is 0 Å². The topological polar surface area (TPSA) is 77.6 Å². The number of rotatable bonds is 7. The summed E-state index contributed by atoms with van der Waals surface area (Å²) < 4.78 is 6.27. The monoisotopic (exact) mass is 569 g/mol. The lowest BCUT2D eigenvalue weighted by atomic mass is 10.00. The third-order valence-electron chi connectivity index (χ3n) is 7.50. The molecular weight excluding hydrogens is 542 g/mol. The van der Waals surface area contributed by atoms with Crippen molar-refractivity contribution in [1.29, 1.82) is 0 Å². The minimum absolute atomic E-state index is 0.469. The van der Waals surface area contributed by atoms with Gasteiger partial charge < -0.3 is 4.42 Å². The molecule has 44 heavy (non-hydrogen) atoms. The first-order chi connectivity index (χ1) is 21.6. The minimum Gasteiger partial charge on any atom is -0.456 e. The van der Waals surface area contributed by atoms with Crippen molar-refractivity contribution in [3.63, 3.8) is 0 Å². The van der Waals surface area contributed by atoms with E-state index >= 15 is 0 Å². The van der Waals surface area contributed by atoms with Crippen molar-refractivity contribution in [3.8, 4) is 33.9 Å². The van der Waals surface area contributed by atoms with Crippen molar-refractivity contribution >= 4 is 39.5 Å². The molecule has 0 saturated carbocycles. The zero-order valence-corrected chi connectivity index (χ0v) is 24.1. The molecule has 4 aromatic carbocycles. The van der Waals surface area contributed by atoms with Crippen LogP contribution in [0, 0.1) is 0 Å². The molecule has 0 spiro atoms. The normalized spacial score (nSPS) is 11.4. The Hall–Kier alpha value is -6.01. The third kappa shape index (κ3) is 4.88. The fourth-order valence-corrected chi connectivity index (χ4v) is 5.39. The molecule has 0 saturated heterocycles. The Bertz CT molecular complexity index is 2210. The molecule has 210 valence electrons. The molecule has 0 radical (unpaired) electrons. The SMILES string of the molecule is C=Cc1oc2cc(-c3ccc(-c4cccc5ccccc45)nn3)ccc2c1C(=C)c1nc(/C=C/C)nc(-c2ccccc2)n1. The van der Waals surface area contributed by atoms with Gasteiger partial charge in [0.05, 0.1) is 11.4 Å². The first kappa shape index (κ1) is 26.9. The summed E-state index contributed by atoms with van der Waals surface area (Å²) in [7, 11) is 0. The maximum atomic E-state index is 6.27. The van der Waals surface area contributed by atoms with Crippen LogP contribution in [0.4, 0.5) is 0 Å². The largest absolute Gasteiger partial charge is 0.456 e. The Morgan fingerprint density at radius 2 is 1.50 bits per heavy atom. The van der Waals surface area contributed by atoms with Gasteiger partial charge in [0, 0.05) is 33.2 Å². The Labute approximate surface area is 254 Å². The Kier molecular flexibility index (Phi) is 6.93. The number of hydrogen-bond acceptors (Lipinski definition) is 6. The molecule has 7 rings (SSSR count). The van der Waals surface area contributed by atoms with Gasteiger partial charge in [0.1, 0.15) is 11.3 Å². The molecule has 3 heterocycles. The summed E-state index contributed by atoms with van der Waals surface area (Å²) in [5.74, 6) is 2.19. The van der Waals surface area contributed by atoms with Crippen LogP contribution >= 0.6 is 0 Å². The van der Waals surface area contributed by atoms with E-state index in [-0.39, 0.29) is 0 Å². The van der Waals surface area contributed by atoms with Crippen molar-refractivity contribution in [3.05, 3.63) is 145 Å². The zero-order valence-electron chi connectivity index (χ0n) is 24.1. The molecule has 0 fully saturated rings. The molecular formula is C38H27N5O. The van der Waals surface area contributed by atoms with E-state index in [4.69, 9.17) is 14.4 Å². The lowest BCUT2D eigenvalue weighted by molar-refractivity contribution is 0.603. The van der Waals surface area contributed by atoms with Gasteiger partial charge in [-0.25, -0.2) is 15.0 Å². The van der Waals surface area contributed by atoms with Crippen molar-refractivity contribution < 1.29 is 4.42 Å². The Balaban J connectivity index is 1.26. The smallest absolute Gasteiger partial charge is 0.164 e. The van der Waals surface area contributed by atoms with E-state index in [2.05, 4.69) is 52.6 Å². The highest BCUT2D eigenvalue weighted by Crippen LogP contribution is 2.36. The van der Waals surface area contributed by atoms with Gasteiger partial charge in [-0.1, -0.05) is 98.1 Å². The van der Waals surface area contributed by atoms with E-state index in [1.54, 1.807) is 6.08 Å². The second kappa shape index (κ2) is 11.3. The first-order valence-electron chi connectivity index (χ1n) is 14.3. The van der Waals surface area contributed by atoms with Gasteiger partial charge in [-0.2, -0.15) is 0 Å². The fraction of sp³-hybridized carbons (Fsp3) is 0.0263. The van der Waals surface area contributed by atoms with Crippen LogP contribution in [-0.2, 0) is 0 Å². The number of aromatic nitrogens is 5. The molecule has 7 aromatic rings. The van der Waals surface area contributed by atoms with Crippen molar-refractivity contribution in [2.75, 3.05) is 0 Å². The predicted octanol–water partition coefficient (Wildman–Crippen LogP) is 9.30. The van der Waals surface area contributed by atoms with E-state index in [0.29, 0.717) is 34.4 Å². The second-order valence-electron chi connectivity index (χ2n) is 10.3. The molecule has 6 nitrogen and oxygen atoms in total. The van der Waals surface area contributed by atoms with Crippen molar-refractivity contribution in [2.45, 2.75) is 6.92 Å². The third-order valence-corrected chi connectivity index (χ3v) is 7.50. The second-order valence-corrected chi connectivity index (χ2v) is 10.3. The highest BCUT2D eigenvalue weighted by Gasteiger charge is 2.20. The maximum absolute atomic E-state index is 6.27. The lowest BCUT2D eigenvalue weighted by Crippen LogP contribution is -2.03. The summed E-state index contributed by atoms with van der Waals surface area (Å²) in [5, 5.41) is 12.3. The molecule has 0 amide bonds. The summed E-state index contributed by atoms with van der Waals surface area (Å²) in [4.78, 5) is 14.1. The van der Waals surface area contributed by atoms with Crippen LogP contribution in [0.1, 0.15) is 29.9 Å². The van der Waals surface area contributed by atoms with Gasteiger partial charge in [-0.3, -0.25) is 0 Å². The Morgan fingerprint density at radius 1 is 0.727 bits per heavy atom. The number of nitrogens with zero attached hydrogens (tertiary/aromatic N) is 5. The van der Waals surface area contributed by atoms with Gasteiger partial charge in [-0.15, -0.1) is 10.2 Å². The van der Waals surface area contributed by atoms with E-state index < -0.39 is 0 Å². The zero-order chi connectivity index (χ0) is 30.0. The Morgan fingerprint density at radius 3 is 2.30 bits per heavy atom. The summed E-state index contributed by atoms with van der Waals surface area (Å²) >= 11 is 0. The summed E-state index contributed by atoms with van der Waals surface area (Å²) in [6.07, 6.45) is 5.44. The van der Waals surface area contributed by atoms with Crippen LogP contribution in [-0.4, -0.2) is 25.1 Å². The molecule has 0 bridgehead atoms.